The van der Waals surface area contributed by atoms with Crippen LogP contribution in [0.5, 0.6) is 0 Å². The third-order valence-corrected chi connectivity index (χ3v) is 8.37. The van der Waals surface area contributed by atoms with Crippen LogP contribution in [-0.4, -0.2) is 50.7 Å². The number of halogens is 3. The minimum absolute atomic E-state index is 0.0557. The monoisotopic (exact) mass is 522 g/mol. The van der Waals surface area contributed by atoms with Crippen molar-refractivity contribution in [2.24, 2.45) is 11.3 Å². The van der Waals surface area contributed by atoms with Crippen molar-refractivity contribution in [2.75, 3.05) is 24.5 Å². The molecule has 38 heavy (non-hydrogen) atoms. The zero-order valence-corrected chi connectivity index (χ0v) is 20.9. The molecule has 1 N–H and O–H groups in total. The van der Waals surface area contributed by atoms with Crippen LogP contribution in [0.3, 0.4) is 0 Å². The van der Waals surface area contributed by atoms with E-state index in [1.54, 1.807) is 23.2 Å². The van der Waals surface area contributed by atoms with E-state index in [-0.39, 0.29) is 23.8 Å². The Morgan fingerprint density at radius 1 is 1.05 bits per heavy atom. The first kappa shape index (κ1) is 23.7. The Labute approximate surface area is 217 Å². The van der Waals surface area contributed by atoms with E-state index in [0.29, 0.717) is 50.3 Å². The summed E-state index contributed by atoms with van der Waals surface area (Å²) in [5.74, 6) is -2.11. The van der Waals surface area contributed by atoms with Crippen LogP contribution in [0.15, 0.2) is 54.0 Å². The van der Waals surface area contributed by atoms with E-state index >= 15 is 0 Å². The molecule has 198 valence electrons. The fourth-order valence-electron chi connectivity index (χ4n) is 6.46. The van der Waals surface area contributed by atoms with Crippen LogP contribution in [0.2, 0.25) is 0 Å². The largest absolute Gasteiger partial charge is 0.369 e. The lowest BCUT2D eigenvalue weighted by molar-refractivity contribution is -0.170. The summed E-state index contributed by atoms with van der Waals surface area (Å²) in [5.41, 5.74) is 3.04. The Hall–Kier alpha value is -3.40. The third-order valence-electron chi connectivity index (χ3n) is 8.37. The van der Waals surface area contributed by atoms with E-state index in [4.69, 9.17) is 0 Å². The van der Waals surface area contributed by atoms with Gasteiger partial charge in [-0.2, -0.15) is 0 Å². The zero-order valence-electron chi connectivity index (χ0n) is 20.9. The molecule has 1 spiro atoms. The normalized spacial score (nSPS) is 23.4. The molecule has 0 unspecified atom stereocenters. The van der Waals surface area contributed by atoms with Gasteiger partial charge in [-0.25, -0.2) is 18.2 Å². The van der Waals surface area contributed by atoms with Gasteiger partial charge < -0.3 is 19.2 Å². The molecule has 7 nitrogen and oxygen atoms in total. The molecule has 4 aromatic rings. The molecule has 0 atom stereocenters. The molecular weight excluding hydrogens is 493 g/mol. The van der Waals surface area contributed by atoms with Crippen LogP contribution in [-0.2, 0) is 13.1 Å². The number of fused-ring (bicyclic) bond motifs is 2. The first-order valence-corrected chi connectivity index (χ1v) is 13.2. The summed E-state index contributed by atoms with van der Waals surface area (Å²) in [4.78, 5) is 24.3. The van der Waals surface area contributed by atoms with E-state index in [1.807, 2.05) is 39.9 Å². The van der Waals surface area contributed by atoms with Gasteiger partial charge in [0.1, 0.15) is 11.8 Å². The van der Waals surface area contributed by atoms with Crippen molar-refractivity contribution in [3.63, 3.8) is 0 Å². The van der Waals surface area contributed by atoms with E-state index in [0.717, 1.165) is 34.5 Å². The Morgan fingerprint density at radius 2 is 1.87 bits per heavy atom. The SMILES string of the molecule is O=c1c2cncc(N3CC4(C3)CC(F)(F)C4)c2ccn1Cc1cn2cc(CNCC3CC(F)C3)ccc2n1. The number of alkyl halides is 3. The van der Waals surface area contributed by atoms with E-state index in [1.165, 1.54) is 0 Å². The van der Waals surface area contributed by atoms with Gasteiger partial charge >= 0.3 is 0 Å². The standard InChI is InChI=1S/C28H29F3N6O/c29-20-5-19(6-20)8-32-7-18-1-2-25-34-21(13-36(25)11-18)12-35-4-3-22-23(26(35)38)9-33-10-24(22)37-16-27(17-37)14-28(30,31)15-27/h1-4,9-11,13,19-20,32H,5-8,12,14-17H2. The van der Waals surface area contributed by atoms with Gasteiger partial charge in [-0.15, -0.1) is 0 Å². The lowest BCUT2D eigenvalue weighted by Crippen LogP contribution is -2.66. The highest BCUT2D eigenvalue weighted by molar-refractivity contribution is 5.93. The van der Waals surface area contributed by atoms with E-state index in [9.17, 15) is 18.0 Å². The molecule has 0 aromatic carbocycles. The summed E-state index contributed by atoms with van der Waals surface area (Å²) >= 11 is 0. The van der Waals surface area contributed by atoms with Crippen LogP contribution < -0.4 is 15.8 Å². The van der Waals surface area contributed by atoms with Gasteiger partial charge in [-0.3, -0.25) is 9.78 Å². The number of hydrogen-bond donors (Lipinski definition) is 1. The molecule has 7 rings (SSSR count). The minimum Gasteiger partial charge on any atom is -0.369 e. The van der Waals surface area contributed by atoms with Crippen molar-refractivity contribution in [1.29, 1.82) is 0 Å². The molecule has 0 bridgehead atoms. The lowest BCUT2D eigenvalue weighted by atomic mass is 9.61. The molecule has 1 saturated heterocycles. The Kier molecular flexibility index (Phi) is 5.34. The van der Waals surface area contributed by atoms with E-state index < -0.39 is 12.1 Å². The second-order valence-corrected chi connectivity index (χ2v) is 11.5. The van der Waals surface area contributed by atoms with Crippen LogP contribution in [0, 0.1) is 11.3 Å². The summed E-state index contributed by atoms with van der Waals surface area (Å²) in [6, 6.07) is 5.89. The summed E-state index contributed by atoms with van der Waals surface area (Å²) in [5, 5.41) is 4.70. The fourth-order valence-corrected chi connectivity index (χ4v) is 6.46. The predicted octanol–water partition coefficient (Wildman–Crippen LogP) is 4.17. The van der Waals surface area contributed by atoms with Gasteiger partial charge in [0, 0.05) is 68.1 Å². The van der Waals surface area contributed by atoms with Crippen molar-refractivity contribution in [3.05, 3.63) is 70.8 Å². The summed E-state index contributed by atoms with van der Waals surface area (Å²) < 4.78 is 43.4. The number of anilines is 1. The van der Waals surface area contributed by atoms with Crippen LogP contribution in [0.1, 0.15) is 36.9 Å². The van der Waals surface area contributed by atoms with Crippen molar-refractivity contribution in [2.45, 2.75) is 50.9 Å². The Bertz CT molecular complexity index is 1570. The Morgan fingerprint density at radius 3 is 2.63 bits per heavy atom. The predicted molar refractivity (Wildman–Crippen MR) is 138 cm³/mol. The number of pyridine rings is 3. The van der Waals surface area contributed by atoms with Gasteiger partial charge in [0.05, 0.1) is 29.5 Å². The van der Waals surface area contributed by atoms with E-state index in [2.05, 4.69) is 15.3 Å². The van der Waals surface area contributed by atoms with Crippen molar-refractivity contribution in [1.82, 2.24) is 24.3 Å². The van der Waals surface area contributed by atoms with Gasteiger partial charge in [0.15, 0.2) is 0 Å². The van der Waals surface area contributed by atoms with Gasteiger partial charge in [0.25, 0.3) is 5.56 Å². The van der Waals surface area contributed by atoms with Gasteiger partial charge in [-0.05, 0) is 43.0 Å². The number of nitrogens with zero attached hydrogens (tertiary/aromatic N) is 5. The molecule has 1 aliphatic heterocycles. The molecule has 2 aliphatic carbocycles. The molecule has 3 fully saturated rings. The zero-order chi connectivity index (χ0) is 26.1. The lowest BCUT2D eigenvalue weighted by Gasteiger charge is -2.59. The van der Waals surface area contributed by atoms with Crippen molar-refractivity contribution < 1.29 is 13.2 Å². The number of imidazole rings is 1. The maximum Gasteiger partial charge on any atom is 0.260 e. The number of rotatable bonds is 7. The topological polar surface area (TPSA) is 67.5 Å². The average Bonchev–Trinajstić information content (AvgIpc) is 3.23. The van der Waals surface area contributed by atoms with Crippen LogP contribution >= 0.6 is 0 Å². The van der Waals surface area contributed by atoms with Gasteiger partial charge in [-0.1, -0.05) is 6.07 Å². The molecule has 10 heteroatoms. The second-order valence-electron chi connectivity index (χ2n) is 11.5. The highest BCUT2D eigenvalue weighted by Gasteiger charge is 2.61. The fraction of sp³-hybridized carbons (Fsp3) is 0.464. The highest BCUT2D eigenvalue weighted by Crippen LogP contribution is 2.57. The molecule has 0 radical (unpaired) electrons. The number of nitrogens with one attached hydrogen (secondary N) is 1. The number of aromatic nitrogens is 4. The van der Waals surface area contributed by atoms with Gasteiger partial charge in [0.2, 0.25) is 5.92 Å². The smallest absolute Gasteiger partial charge is 0.260 e. The summed E-state index contributed by atoms with van der Waals surface area (Å²) in [6.07, 6.45) is 9.58. The van der Waals surface area contributed by atoms with Crippen molar-refractivity contribution in [3.8, 4) is 0 Å². The molecule has 0 amide bonds. The van der Waals surface area contributed by atoms with Crippen LogP contribution in [0.25, 0.3) is 16.4 Å². The highest BCUT2D eigenvalue weighted by atomic mass is 19.3. The first-order valence-electron chi connectivity index (χ1n) is 13.2. The molecular formula is C28H29F3N6O. The number of hydrogen-bond acceptors (Lipinski definition) is 5. The molecule has 2 saturated carbocycles. The third kappa shape index (κ3) is 4.15. The average molecular weight is 523 g/mol. The summed E-state index contributed by atoms with van der Waals surface area (Å²) in [7, 11) is 0. The molecule has 4 aromatic heterocycles. The maximum absolute atomic E-state index is 13.4. The first-order chi connectivity index (χ1) is 18.3. The van der Waals surface area contributed by atoms with Crippen LogP contribution in [0.4, 0.5) is 18.9 Å². The molecule has 3 aliphatic rings. The minimum atomic E-state index is -2.54. The Balaban J connectivity index is 1.06. The van der Waals surface area contributed by atoms with Crippen molar-refractivity contribution >= 4 is 22.1 Å². The maximum atomic E-state index is 13.4. The quantitative estimate of drug-likeness (QED) is 0.395. The second kappa shape index (κ2) is 8.56. The molecule has 5 heterocycles. The summed E-state index contributed by atoms with van der Waals surface area (Å²) in [6.45, 7) is 3.00.